The number of piperazine rings is 1. The molecule has 1 N–H and O–H groups in total. The van der Waals surface area contributed by atoms with Crippen LogP contribution in [0.15, 0.2) is 12.2 Å². The van der Waals surface area contributed by atoms with E-state index in [1.54, 1.807) is 4.90 Å². The highest BCUT2D eigenvalue weighted by Gasteiger charge is 2.40. The van der Waals surface area contributed by atoms with Crippen molar-refractivity contribution in [3.05, 3.63) is 12.2 Å². The van der Waals surface area contributed by atoms with Crippen molar-refractivity contribution in [3.8, 4) is 0 Å². The molecule has 20 heavy (non-hydrogen) atoms. The molecule has 0 spiro atoms. The van der Waals surface area contributed by atoms with Gasteiger partial charge < -0.3 is 19.6 Å². The lowest BCUT2D eigenvalue weighted by atomic mass is 9.98. The Hall–Kier alpha value is -1.72. The van der Waals surface area contributed by atoms with Gasteiger partial charge in [-0.3, -0.25) is 0 Å². The Balaban J connectivity index is 2.16. The van der Waals surface area contributed by atoms with Gasteiger partial charge >= 0.3 is 12.2 Å². The van der Waals surface area contributed by atoms with Crippen molar-refractivity contribution in [3.63, 3.8) is 0 Å². The van der Waals surface area contributed by atoms with Crippen molar-refractivity contribution >= 4 is 12.2 Å². The average molecular weight is 282 g/mol. The van der Waals surface area contributed by atoms with Crippen molar-refractivity contribution in [2.24, 2.45) is 0 Å². The Bertz CT molecular complexity index is 427. The summed E-state index contributed by atoms with van der Waals surface area (Å²) in [6.45, 7) is 6.24. The zero-order valence-electron chi connectivity index (χ0n) is 12.2. The van der Waals surface area contributed by atoms with Crippen molar-refractivity contribution in [2.75, 3.05) is 13.1 Å². The fourth-order valence-electron chi connectivity index (χ4n) is 2.64. The molecule has 0 aromatic heterocycles. The molecule has 0 saturated carbocycles. The van der Waals surface area contributed by atoms with Gasteiger partial charge in [0.2, 0.25) is 0 Å². The summed E-state index contributed by atoms with van der Waals surface area (Å²) in [6, 6.07) is -0.332. The first-order valence-electron chi connectivity index (χ1n) is 6.92. The van der Waals surface area contributed by atoms with Crippen LogP contribution in [0.3, 0.4) is 0 Å². The molecule has 3 rings (SSSR count). The van der Waals surface area contributed by atoms with Crippen LogP contribution < -0.4 is 0 Å². The third-order valence-electron chi connectivity index (χ3n) is 3.55. The van der Waals surface area contributed by atoms with E-state index in [9.17, 15) is 14.7 Å². The van der Waals surface area contributed by atoms with Crippen molar-refractivity contribution < 1.29 is 19.4 Å². The molecule has 112 valence electrons. The van der Waals surface area contributed by atoms with Gasteiger partial charge in [0.1, 0.15) is 5.60 Å². The molecule has 0 aromatic rings. The van der Waals surface area contributed by atoms with Crippen LogP contribution in [0.1, 0.15) is 33.6 Å². The molecule has 0 aromatic carbocycles. The molecule has 3 aliphatic rings. The van der Waals surface area contributed by atoms with Crippen LogP contribution in [0.5, 0.6) is 0 Å². The van der Waals surface area contributed by atoms with E-state index < -0.39 is 11.7 Å². The first-order valence-corrected chi connectivity index (χ1v) is 6.92. The third kappa shape index (κ3) is 3.23. The molecule has 1 saturated heterocycles. The number of ether oxygens (including phenoxy) is 1. The van der Waals surface area contributed by atoms with Gasteiger partial charge in [-0.05, 0) is 33.6 Å². The van der Waals surface area contributed by atoms with Gasteiger partial charge in [-0.15, -0.1) is 0 Å². The second kappa shape index (κ2) is 5.34. The van der Waals surface area contributed by atoms with E-state index in [0.717, 1.165) is 0 Å². The number of amides is 2. The molecule has 2 amide bonds. The first-order chi connectivity index (χ1) is 9.28. The van der Waals surface area contributed by atoms with E-state index in [4.69, 9.17) is 4.74 Å². The lowest BCUT2D eigenvalue weighted by molar-refractivity contribution is -0.0131. The molecular formula is C14H22N2O4. The SMILES string of the molecule is CC(C)(C)OC(=O)N1CC2CC=CCC1CN2C(=O)O. The smallest absolute Gasteiger partial charge is 0.410 e. The molecule has 3 aliphatic heterocycles. The van der Waals surface area contributed by atoms with Crippen LogP contribution in [-0.4, -0.2) is 57.9 Å². The molecular weight excluding hydrogens is 260 g/mol. The van der Waals surface area contributed by atoms with E-state index in [1.807, 2.05) is 32.9 Å². The fraction of sp³-hybridized carbons (Fsp3) is 0.714. The second-order valence-electron chi connectivity index (χ2n) is 6.32. The van der Waals surface area contributed by atoms with Crippen LogP contribution in [0.2, 0.25) is 0 Å². The highest BCUT2D eigenvalue weighted by molar-refractivity contribution is 5.70. The number of nitrogens with zero attached hydrogens (tertiary/aromatic N) is 2. The molecule has 3 heterocycles. The number of carboxylic acid groups (broad SMARTS) is 1. The number of hydrogen-bond acceptors (Lipinski definition) is 3. The van der Waals surface area contributed by atoms with Gasteiger partial charge in [0.15, 0.2) is 0 Å². The topological polar surface area (TPSA) is 70.1 Å². The number of carbonyl (C=O) groups excluding carboxylic acids is 1. The first kappa shape index (κ1) is 14.7. The molecule has 6 nitrogen and oxygen atoms in total. The number of fused-ring (bicyclic) bond motifs is 4. The van der Waals surface area contributed by atoms with E-state index >= 15 is 0 Å². The summed E-state index contributed by atoms with van der Waals surface area (Å²) in [6.07, 6.45) is 4.05. The Labute approximate surface area is 119 Å². The van der Waals surface area contributed by atoms with Gasteiger partial charge in [0.05, 0.1) is 12.1 Å². The summed E-state index contributed by atoms with van der Waals surface area (Å²) in [5.74, 6) is 0. The Morgan fingerprint density at radius 2 is 1.60 bits per heavy atom. The summed E-state index contributed by atoms with van der Waals surface area (Å²) in [5.41, 5.74) is -0.541. The lowest BCUT2D eigenvalue weighted by Crippen LogP contribution is -2.61. The van der Waals surface area contributed by atoms with Gasteiger partial charge in [-0.1, -0.05) is 12.2 Å². The van der Waals surface area contributed by atoms with Crippen molar-refractivity contribution in [1.82, 2.24) is 9.80 Å². The van der Waals surface area contributed by atoms with Crippen LogP contribution in [0.25, 0.3) is 0 Å². The molecule has 0 aliphatic carbocycles. The molecule has 2 bridgehead atoms. The standard InChI is InChI=1S/C14H22N2O4/c1-14(2,3)20-13(19)16-9-10-6-4-5-7-11(16)8-15(10)12(17)18/h4-5,10-11H,6-9H2,1-3H3,(H,17,18). The van der Waals surface area contributed by atoms with Crippen LogP contribution in [0.4, 0.5) is 9.59 Å². The second-order valence-corrected chi connectivity index (χ2v) is 6.32. The quantitative estimate of drug-likeness (QED) is 0.692. The third-order valence-corrected chi connectivity index (χ3v) is 3.55. The van der Waals surface area contributed by atoms with Gasteiger partial charge in [0, 0.05) is 13.1 Å². The van der Waals surface area contributed by atoms with Gasteiger partial charge in [0.25, 0.3) is 0 Å². The fourth-order valence-corrected chi connectivity index (χ4v) is 2.64. The van der Waals surface area contributed by atoms with E-state index in [1.165, 1.54) is 4.90 Å². The number of rotatable bonds is 0. The van der Waals surface area contributed by atoms with Crippen LogP contribution in [0, 0.1) is 0 Å². The van der Waals surface area contributed by atoms with Crippen LogP contribution >= 0.6 is 0 Å². The minimum atomic E-state index is -0.917. The lowest BCUT2D eigenvalue weighted by Gasteiger charge is -2.45. The zero-order chi connectivity index (χ0) is 14.9. The molecule has 1 fully saturated rings. The summed E-state index contributed by atoms with van der Waals surface area (Å²) in [7, 11) is 0. The summed E-state index contributed by atoms with van der Waals surface area (Å²) in [5, 5.41) is 9.26. The van der Waals surface area contributed by atoms with Gasteiger partial charge in [-0.25, -0.2) is 9.59 Å². The Morgan fingerprint density at radius 3 is 2.10 bits per heavy atom. The average Bonchev–Trinajstić information content (AvgIpc) is 2.25. The predicted octanol–water partition coefficient (Wildman–Crippen LogP) is 2.30. The van der Waals surface area contributed by atoms with E-state index in [0.29, 0.717) is 25.9 Å². The number of carbonyl (C=O) groups is 2. The van der Waals surface area contributed by atoms with Gasteiger partial charge in [-0.2, -0.15) is 0 Å². The van der Waals surface area contributed by atoms with E-state index in [-0.39, 0.29) is 18.2 Å². The Kier molecular flexibility index (Phi) is 3.92. The summed E-state index contributed by atoms with van der Waals surface area (Å²) >= 11 is 0. The maximum atomic E-state index is 12.3. The highest BCUT2D eigenvalue weighted by atomic mass is 16.6. The van der Waals surface area contributed by atoms with Crippen molar-refractivity contribution in [2.45, 2.75) is 51.3 Å². The molecule has 2 unspecified atom stereocenters. The van der Waals surface area contributed by atoms with Crippen molar-refractivity contribution in [1.29, 1.82) is 0 Å². The minimum absolute atomic E-state index is 0.145. The zero-order valence-corrected chi connectivity index (χ0v) is 12.2. The monoisotopic (exact) mass is 282 g/mol. The highest BCUT2D eigenvalue weighted by Crippen LogP contribution is 2.25. The molecule has 0 radical (unpaired) electrons. The molecule has 6 heteroatoms. The summed E-state index contributed by atoms with van der Waals surface area (Å²) in [4.78, 5) is 26.7. The molecule has 2 atom stereocenters. The normalized spacial score (nSPS) is 26.1. The maximum absolute atomic E-state index is 12.3. The minimum Gasteiger partial charge on any atom is -0.465 e. The summed E-state index contributed by atoms with van der Waals surface area (Å²) < 4.78 is 5.42. The maximum Gasteiger partial charge on any atom is 0.410 e. The predicted molar refractivity (Wildman–Crippen MR) is 73.6 cm³/mol. The Morgan fingerprint density at radius 1 is 1.10 bits per heavy atom. The number of hydrogen-bond donors (Lipinski definition) is 1. The van der Waals surface area contributed by atoms with Crippen LogP contribution in [-0.2, 0) is 4.74 Å². The van der Waals surface area contributed by atoms with E-state index in [2.05, 4.69) is 0 Å². The largest absolute Gasteiger partial charge is 0.465 e.